The van der Waals surface area contributed by atoms with Crippen molar-refractivity contribution in [2.75, 3.05) is 37.6 Å². The Morgan fingerprint density at radius 3 is 2.83 bits per heavy atom. The van der Waals surface area contributed by atoms with Crippen molar-refractivity contribution in [1.82, 2.24) is 10.2 Å². The van der Waals surface area contributed by atoms with Crippen molar-refractivity contribution in [3.63, 3.8) is 0 Å². The van der Waals surface area contributed by atoms with Gasteiger partial charge in [-0.25, -0.2) is 9.18 Å². The Labute approximate surface area is 134 Å². The zero-order valence-corrected chi connectivity index (χ0v) is 13.1. The van der Waals surface area contributed by atoms with Crippen LogP contribution in [0.1, 0.15) is 23.7 Å². The number of likely N-dealkylation sites (tertiary alicyclic amines) is 1. The van der Waals surface area contributed by atoms with E-state index in [1.54, 1.807) is 4.90 Å². The van der Waals surface area contributed by atoms with Crippen LogP contribution in [0, 0.1) is 11.2 Å². The number of nitrogens with one attached hydrogen (secondary N) is 1. The molecule has 1 atom stereocenters. The summed E-state index contributed by atoms with van der Waals surface area (Å²) in [5.41, 5.74) is 6.18. The number of amides is 3. The number of hydrogen-bond donors (Lipinski definition) is 2. The third-order valence-corrected chi connectivity index (χ3v) is 4.69. The molecule has 3 rings (SSSR count). The van der Waals surface area contributed by atoms with Crippen molar-refractivity contribution in [1.29, 1.82) is 0 Å². The molecule has 0 aliphatic carbocycles. The lowest BCUT2D eigenvalue weighted by molar-refractivity contribution is 0.0772. The van der Waals surface area contributed by atoms with Crippen molar-refractivity contribution in [3.8, 4) is 0 Å². The van der Waals surface area contributed by atoms with Crippen LogP contribution in [0.4, 0.5) is 14.9 Å². The molecular weight excluding hydrogens is 299 g/mol. The van der Waals surface area contributed by atoms with Gasteiger partial charge in [-0.05, 0) is 36.6 Å². The number of benzene rings is 1. The van der Waals surface area contributed by atoms with Crippen LogP contribution < -0.4 is 16.0 Å². The van der Waals surface area contributed by atoms with Crippen LogP contribution in [0.25, 0.3) is 0 Å². The first-order valence-electron chi connectivity index (χ1n) is 7.78. The number of rotatable bonds is 3. The predicted molar refractivity (Wildman–Crippen MR) is 84.8 cm³/mol. The summed E-state index contributed by atoms with van der Waals surface area (Å²) in [4.78, 5) is 27.5. The van der Waals surface area contributed by atoms with Crippen LogP contribution in [-0.4, -0.2) is 49.6 Å². The Bertz CT molecular complexity index is 651. The highest BCUT2D eigenvalue weighted by molar-refractivity contribution is 5.98. The molecule has 0 bridgehead atoms. The minimum absolute atomic E-state index is 0.00321. The Balaban J connectivity index is 1.84. The van der Waals surface area contributed by atoms with Crippen molar-refractivity contribution in [2.24, 2.45) is 11.1 Å². The summed E-state index contributed by atoms with van der Waals surface area (Å²) in [5.74, 6) is -0.916. The van der Waals surface area contributed by atoms with Gasteiger partial charge in [0.25, 0.3) is 5.91 Å². The highest BCUT2D eigenvalue weighted by atomic mass is 19.1. The summed E-state index contributed by atoms with van der Waals surface area (Å²) in [6.45, 7) is 4.67. The monoisotopic (exact) mass is 320 g/mol. The third-order valence-electron chi connectivity index (χ3n) is 4.69. The van der Waals surface area contributed by atoms with E-state index >= 15 is 0 Å². The molecule has 124 valence electrons. The van der Waals surface area contributed by atoms with Crippen LogP contribution in [0.5, 0.6) is 0 Å². The average Bonchev–Trinajstić information content (AvgIpc) is 3.14. The predicted octanol–water partition coefficient (Wildman–Crippen LogP) is 1.17. The number of hydrogen-bond acceptors (Lipinski definition) is 3. The van der Waals surface area contributed by atoms with E-state index in [1.807, 2.05) is 6.92 Å². The maximum absolute atomic E-state index is 14.1. The van der Waals surface area contributed by atoms with Crippen molar-refractivity contribution < 1.29 is 14.0 Å². The second-order valence-corrected chi connectivity index (χ2v) is 6.54. The number of nitrogens with zero attached hydrogens (tertiary/aromatic N) is 2. The molecule has 2 fully saturated rings. The van der Waals surface area contributed by atoms with E-state index in [1.165, 1.54) is 23.1 Å². The first kappa shape index (κ1) is 15.7. The minimum atomic E-state index is -0.570. The fourth-order valence-electron chi connectivity index (χ4n) is 3.10. The van der Waals surface area contributed by atoms with Crippen molar-refractivity contribution in [2.45, 2.75) is 13.3 Å². The molecule has 2 aliphatic rings. The van der Waals surface area contributed by atoms with Crippen LogP contribution >= 0.6 is 0 Å². The first-order valence-corrected chi connectivity index (χ1v) is 7.78. The molecule has 3 N–H and O–H groups in total. The highest BCUT2D eigenvalue weighted by Gasteiger charge is 2.36. The normalized spacial score (nSPS) is 24.2. The van der Waals surface area contributed by atoms with Gasteiger partial charge in [0.05, 0.1) is 5.56 Å². The summed E-state index contributed by atoms with van der Waals surface area (Å²) < 4.78 is 14.1. The molecule has 1 aromatic carbocycles. The van der Waals surface area contributed by atoms with Gasteiger partial charge in [-0.15, -0.1) is 0 Å². The van der Waals surface area contributed by atoms with E-state index in [9.17, 15) is 14.0 Å². The summed E-state index contributed by atoms with van der Waals surface area (Å²) >= 11 is 0. The van der Waals surface area contributed by atoms with Gasteiger partial charge in [0.1, 0.15) is 5.82 Å². The molecule has 0 aromatic heterocycles. The van der Waals surface area contributed by atoms with Gasteiger partial charge in [-0.2, -0.15) is 0 Å². The van der Waals surface area contributed by atoms with E-state index in [2.05, 4.69) is 5.32 Å². The molecule has 0 radical (unpaired) electrons. The van der Waals surface area contributed by atoms with Crippen LogP contribution in [0.3, 0.4) is 0 Å². The van der Waals surface area contributed by atoms with Gasteiger partial charge in [0.2, 0.25) is 0 Å². The summed E-state index contributed by atoms with van der Waals surface area (Å²) in [6, 6.07) is 3.99. The Hall–Kier alpha value is -2.15. The lowest BCUT2D eigenvalue weighted by Gasteiger charge is -2.23. The smallest absolute Gasteiger partial charge is 0.321 e. The number of halogens is 1. The largest absolute Gasteiger partial charge is 0.338 e. The second kappa shape index (κ2) is 5.81. The van der Waals surface area contributed by atoms with Crippen LogP contribution in [0.2, 0.25) is 0 Å². The van der Waals surface area contributed by atoms with E-state index in [0.717, 1.165) is 6.42 Å². The van der Waals surface area contributed by atoms with Gasteiger partial charge in [-0.3, -0.25) is 9.69 Å². The van der Waals surface area contributed by atoms with Gasteiger partial charge in [0, 0.05) is 31.9 Å². The van der Waals surface area contributed by atoms with Gasteiger partial charge >= 0.3 is 6.03 Å². The zero-order valence-electron chi connectivity index (χ0n) is 13.1. The molecule has 2 aliphatic heterocycles. The fourth-order valence-corrected chi connectivity index (χ4v) is 3.10. The molecule has 0 spiro atoms. The van der Waals surface area contributed by atoms with Gasteiger partial charge < -0.3 is 16.0 Å². The molecule has 1 aromatic rings. The van der Waals surface area contributed by atoms with E-state index in [4.69, 9.17) is 5.73 Å². The number of anilines is 1. The first-order chi connectivity index (χ1) is 10.9. The third kappa shape index (κ3) is 2.88. The quantitative estimate of drug-likeness (QED) is 0.877. The molecule has 2 saturated heterocycles. The minimum Gasteiger partial charge on any atom is -0.338 e. The lowest BCUT2D eigenvalue weighted by Crippen LogP contribution is -2.35. The Morgan fingerprint density at radius 1 is 1.43 bits per heavy atom. The molecular formula is C16H21FN4O2. The number of nitrogens with two attached hydrogens (primary N) is 1. The molecule has 1 unspecified atom stereocenters. The maximum atomic E-state index is 14.1. The average molecular weight is 320 g/mol. The zero-order chi connectivity index (χ0) is 16.6. The van der Waals surface area contributed by atoms with Crippen molar-refractivity contribution >= 4 is 17.6 Å². The Kier molecular flexibility index (Phi) is 3.97. The molecule has 3 amide bonds. The Morgan fingerprint density at radius 2 is 2.22 bits per heavy atom. The molecule has 7 heteroatoms. The van der Waals surface area contributed by atoms with Crippen LogP contribution in [0.15, 0.2) is 18.2 Å². The van der Waals surface area contributed by atoms with E-state index < -0.39 is 5.82 Å². The second-order valence-electron chi connectivity index (χ2n) is 6.54. The number of carbonyl (C=O) groups excluding carboxylic acids is 2. The van der Waals surface area contributed by atoms with Gasteiger partial charge in [-0.1, -0.05) is 6.92 Å². The topological polar surface area (TPSA) is 78.7 Å². The summed E-state index contributed by atoms with van der Waals surface area (Å²) in [7, 11) is 0. The van der Waals surface area contributed by atoms with E-state index in [-0.39, 0.29) is 22.9 Å². The molecule has 6 nitrogen and oxygen atoms in total. The molecule has 0 saturated carbocycles. The molecule has 2 heterocycles. The fraction of sp³-hybridized carbons (Fsp3) is 0.500. The lowest BCUT2D eigenvalue weighted by atomic mass is 9.90. The van der Waals surface area contributed by atoms with E-state index in [0.29, 0.717) is 38.4 Å². The molecule has 23 heavy (non-hydrogen) atoms. The highest BCUT2D eigenvalue weighted by Crippen LogP contribution is 2.30. The maximum Gasteiger partial charge on any atom is 0.321 e. The van der Waals surface area contributed by atoms with Crippen LogP contribution in [-0.2, 0) is 0 Å². The number of carbonyl (C=O) groups is 2. The SMILES string of the molecule is CC1(CN)CCN(C(=O)c2cc(N3CCNC3=O)ccc2F)C1. The van der Waals surface area contributed by atoms with Crippen molar-refractivity contribution in [3.05, 3.63) is 29.6 Å². The van der Waals surface area contributed by atoms with Gasteiger partial charge in [0.15, 0.2) is 0 Å². The number of urea groups is 1. The standard InChI is InChI=1S/C16H21FN4O2/c1-16(9-18)4-6-20(10-16)14(22)12-8-11(2-3-13(12)17)21-7-5-19-15(21)23/h2-3,8H,4-7,9-10,18H2,1H3,(H,19,23). The summed E-state index contributed by atoms with van der Waals surface area (Å²) in [6.07, 6.45) is 0.811. The summed E-state index contributed by atoms with van der Waals surface area (Å²) in [5, 5.41) is 2.69.